The number of nitrogens with one attached hydrogen (secondary N) is 2. The summed E-state index contributed by atoms with van der Waals surface area (Å²) in [5.74, 6) is -0.931. The van der Waals surface area contributed by atoms with Gasteiger partial charge in [-0.3, -0.25) is 15.0 Å². The lowest BCUT2D eigenvalue weighted by Gasteiger charge is -2.03. The number of aliphatic hydroxyl groups is 1. The molecule has 1 heterocycles. The Kier molecular flexibility index (Phi) is 3.87. The van der Waals surface area contributed by atoms with E-state index in [1.54, 1.807) is 35.8 Å². The molecule has 8 heteroatoms. The molecule has 4 N–H and O–H groups in total. The van der Waals surface area contributed by atoms with E-state index in [0.29, 0.717) is 5.56 Å². The summed E-state index contributed by atoms with van der Waals surface area (Å²) in [6.45, 7) is 0. The maximum atomic E-state index is 11.7. The Hall–Kier alpha value is -3.00. The number of nitrogens with zero attached hydrogens (tertiary/aromatic N) is 2. The smallest absolute Gasteiger partial charge is 0.275 e. The van der Waals surface area contributed by atoms with Crippen LogP contribution in [0.5, 0.6) is 0 Å². The van der Waals surface area contributed by atoms with Gasteiger partial charge in [0.25, 0.3) is 5.56 Å². The quantitative estimate of drug-likeness (QED) is 0.383. The molecule has 0 fully saturated rings. The summed E-state index contributed by atoms with van der Waals surface area (Å²) in [5, 5.41) is 21.2. The number of aliphatic hydroxyl groups excluding tert-OH is 1. The number of rotatable bonds is 4. The standard InChI is InChI=1S/C12H10N4O4/c17-9(7-4-2-1-3-5-7)6-8-12(18)14-11(16-20)10(13-8)15-19/h1-6,17,19H,(H,13,15)(H,14,18)/b9-6-. The Balaban J connectivity index is 2.49. The fourth-order valence-corrected chi connectivity index (χ4v) is 1.52. The van der Waals surface area contributed by atoms with Gasteiger partial charge in [0.15, 0.2) is 5.82 Å². The molecule has 1 aromatic carbocycles. The first-order valence-electron chi connectivity index (χ1n) is 5.49. The van der Waals surface area contributed by atoms with Crippen molar-refractivity contribution in [2.75, 3.05) is 5.48 Å². The van der Waals surface area contributed by atoms with E-state index in [2.05, 4.69) is 15.1 Å². The van der Waals surface area contributed by atoms with Crippen molar-refractivity contribution >= 4 is 23.5 Å². The monoisotopic (exact) mass is 274 g/mol. The highest BCUT2D eigenvalue weighted by Crippen LogP contribution is 2.18. The van der Waals surface area contributed by atoms with Crippen LogP contribution >= 0.6 is 0 Å². The molecule has 0 bridgehead atoms. The zero-order valence-electron chi connectivity index (χ0n) is 10.1. The van der Waals surface area contributed by atoms with Gasteiger partial charge in [-0.1, -0.05) is 30.3 Å². The van der Waals surface area contributed by atoms with Crippen LogP contribution in [0.3, 0.4) is 0 Å². The maximum Gasteiger partial charge on any atom is 0.275 e. The molecule has 0 radical (unpaired) electrons. The molecule has 0 amide bonds. The fourth-order valence-electron chi connectivity index (χ4n) is 1.52. The van der Waals surface area contributed by atoms with Crippen molar-refractivity contribution in [3.8, 4) is 0 Å². The van der Waals surface area contributed by atoms with Gasteiger partial charge in [-0.05, 0) is 5.18 Å². The average Bonchev–Trinajstić information content (AvgIpc) is 2.49. The van der Waals surface area contributed by atoms with E-state index in [1.165, 1.54) is 0 Å². The average molecular weight is 274 g/mol. The largest absolute Gasteiger partial charge is 0.507 e. The van der Waals surface area contributed by atoms with Crippen LogP contribution in [0.25, 0.3) is 11.8 Å². The Morgan fingerprint density at radius 2 is 2.05 bits per heavy atom. The van der Waals surface area contributed by atoms with E-state index in [4.69, 9.17) is 5.21 Å². The fraction of sp³-hybridized carbons (Fsp3) is 0. The summed E-state index contributed by atoms with van der Waals surface area (Å²) in [5.41, 5.74) is 1.23. The lowest BCUT2D eigenvalue weighted by atomic mass is 10.1. The summed E-state index contributed by atoms with van der Waals surface area (Å²) in [6, 6.07) is 8.51. The van der Waals surface area contributed by atoms with Crippen LogP contribution in [-0.2, 0) is 0 Å². The van der Waals surface area contributed by atoms with Crippen LogP contribution in [0.4, 0.5) is 11.6 Å². The first-order valence-corrected chi connectivity index (χ1v) is 5.49. The molecule has 2 aromatic rings. The van der Waals surface area contributed by atoms with E-state index in [-0.39, 0.29) is 17.3 Å². The van der Waals surface area contributed by atoms with Crippen LogP contribution in [0.1, 0.15) is 11.3 Å². The minimum absolute atomic E-state index is 0.181. The van der Waals surface area contributed by atoms with Gasteiger partial charge in [0.2, 0.25) is 5.82 Å². The topological polar surface area (TPSA) is 128 Å². The lowest BCUT2D eigenvalue weighted by molar-refractivity contribution is 0.385. The second kappa shape index (κ2) is 5.76. The van der Waals surface area contributed by atoms with Crippen molar-refractivity contribution in [2.45, 2.75) is 0 Å². The molecule has 0 saturated carbocycles. The first-order chi connectivity index (χ1) is 9.65. The number of aromatic nitrogens is 2. The van der Waals surface area contributed by atoms with Gasteiger partial charge in [0.05, 0.1) is 0 Å². The predicted octanol–water partition coefficient (Wildman–Crippen LogP) is 2.02. The van der Waals surface area contributed by atoms with Crippen LogP contribution in [-0.4, -0.2) is 20.3 Å². The summed E-state index contributed by atoms with van der Waals surface area (Å²) in [4.78, 5) is 27.9. The highest BCUT2D eigenvalue weighted by Gasteiger charge is 2.10. The molecular weight excluding hydrogens is 264 g/mol. The van der Waals surface area contributed by atoms with E-state index >= 15 is 0 Å². The van der Waals surface area contributed by atoms with Crippen LogP contribution in [0.2, 0.25) is 0 Å². The van der Waals surface area contributed by atoms with Gasteiger partial charge >= 0.3 is 0 Å². The molecule has 0 atom stereocenters. The summed E-state index contributed by atoms with van der Waals surface area (Å²) >= 11 is 0. The number of anilines is 1. The molecule has 0 aliphatic carbocycles. The third-order valence-corrected chi connectivity index (χ3v) is 2.46. The van der Waals surface area contributed by atoms with Gasteiger partial charge in [-0.15, -0.1) is 4.91 Å². The normalized spacial score (nSPS) is 11.2. The molecule has 1 aromatic heterocycles. The second-order valence-electron chi connectivity index (χ2n) is 3.75. The Labute approximate surface area is 112 Å². The third-order valence-electron chi connectivity index (χ3n) is 2.46. The molecule has 20 heavy (non-hydrogen) atoms. The second-order valence-corrected chi connectivity index (χ2v) is 3.75. The molecule has 0 aliphatic heterocycles. The molecule has 0 aliphatic rings. The lowest BCUT2D eigenvalue weighted by Crippen LogP contribution is -2.13. The van der Waals surface area contributed by atoms with Gasteiger partial charge in [-0.25, -0.2) is 10.5 Å². The van der Waals surface area contributed by atoms with Gasteiger partial charge in [-0.2, -0.15) is 0 Å². The summed E-state index contributed by atoms with van der Waals surface area (Å²) in [7, 11) is 0. The minimum Gasteiger partial charge on any atom is -0.507 e. The number of nitroso groups, excluding NO2 is 1. The van der Waals surface area contributed by atoms with E-state index < -0.39 is 11.4 Å². The first kappa shape index (κ1) is 13.4. The highest BCUT2D eigenvalue weighted by molar-refractivity contribution is 5.75. The molecule has 0 unspecified atom stereocenters. The number of aromatic amines is 1. The van der Waals surface area contributed by atoms with Gasteiger partial charge < -0.3 is 5.11 Å². The van der Waals surface area contributed by atoms with Gasteiger partial charge in [0.1, 0.15) is 11.5 Å². The van der Waals surface area contributed by atoms with Crippen molar-refractivity contribution in [3.63, 3.8) is 0 Å². The molecule has 0 spiro atoms. The van der Waals surface area contributed by atoms with E-state index in [1.807, 2.05) is 0 Å². The minimum atomic E-state index is -0.721. The van der Waals surface area contributed by atoms with Crippen molar-refractivity contribution in [3.05, 3.63) is 56.9 Å². The highest BCUT2D eigenvalue weighted by atomic mass is 16.5. The number of hydrogen-bond donors (Lipinski definition) is 4. The van der Waals surface area contributed by atoms with Crippen LogP contribution in [0.15, 0.2) is 40.3 Å². The summed E-state index contributed by atoms with van der Waals surface area (Å²) in [6.07, 6.45) is 1.11. The number of benzene rings is 1. The van der Waals surface area contributed by atoms with Crippen LogP contribution < -0.4 is 11.0 Å². The Morgan fingerprint density at radius 3 is 2.65 bits per heavy atom. The maximum absolute atomic E-state index is 11.7. The Bertz CT molecular complexity index is 709. The van der Waals surface area contributed by atoms with E-state index in [0.717, 1.165) is 6.08 Å². The predicted molar refractivity (Wildman–Crippen MR) is 72.7 cm³/mol. The SMILES string of the molecule is O=Nc1[nH]c(=O)c(/C=C(\O)c2ccccc2)nc1NO. The Morgan fingerprint density at radius 1 is 1.35 bits per heavy atom. The van der Waals surface area contributed by atoms with Crippen molar-refractivity contribution in [2.24, 2.45) is 5.18 Å². The molecule has 102 valence electrons. The molecule has 8 nitrogen and oxygen atoms in total. The van der Waals surface area contributed by atoms with Crippen molar-refractivity contribution in [1.82, 2.24) is 9.97 Å². The van der Waals surface area contributed by atoms with Crippen molar-refractivity contribution in [1.29, 1.82) is 0 Å². The number of hydrogen-bond acceptors (Lipinski definition) is 7. The van der Waals surface area contributed by atoms with Crippen LogP contribution in [0, 0.1) is 4.91 Å². The zero-order chi connectivity index (χ0) is 14.5. The van der Waals surface area contributed by atoms with E-state index in [9.17, 15) is 14.8 Å². The third kappa shape index (κ3) is 2.70. The molecular formula is C12H10N4O4. The van der Waals surface area contributed by atoms with Gasteiger partial charge in [0, 0.05) is 11.6 Å². The molecule has 2 rings (SSSR count). The molecule has 0 saturated heterocycles. The zero-order valence-corrected chi connectivity index (χ0v) is 10.1. The summed E-state index contributed by atoms with van der Waals surface area (Å²) < 4.78 is 0. The number of H-pyrrole nitrogens is 1. The van der Waals surface area contributed by atoms with Crippen molar-refractivity contribution < 1.29 is 10.3 Å².